The lowest BCUT2D eigenvalue weighted by atomic mass is 10.1. The first-order valence-corrected chi connectivity index (χ1v) is 7.67. The molecule has 0 spiro atoms. The Kier molecular flexibility index (Phi) is 5.26. The fourth-order valence-electron chi connectivity index (χ4n) is 2.71. The minimum Gasteiger partial charge on any atom is -0.310 e. The summed E-state index contributed by atoms with van der Waals surface area (Å²) < 4.78 is 0. The number of nitrogens with one attached hydrogen (secondary N) is 1. The Balaban J connectivity index is 1.78. The first-order valence-electron chi connectivity index (χ1n) is 7.29. The minimum absolute atomic E-state index is 0.394. The molecule has 2 atom stereocenters. The van der Waals surface area contributed by atoms with Gasteiger partial charge in [-0.3, -0.25) is 0 Å². The van der Waals surface area contributed by atoms with Crippen molar-refractivity contribution < 1.29 is 0 Å². The van der Waals surface area contributed by atoms with Gasteiger partial charge >= 0.3 is 0 Å². The SMILES string of the molecule is CC(NCC1CCN(C(C)C)C1)c1ccc(Cl)cc1. The number of hydrogen-bond donors (Lipinski definition) is 1. The van der Waals surface area contributed by atoms with E-state index in [0.717, 1.165) is 17.5 Å². The number of benzene rings is 1. The average molecular weight is 281 g/mol. The molecule has 1 fully saturated rings. The third kappa shape index (κ3) is 4.20. The smallest absolute Gasteiger partial charge is 0.0406 e. The van der Waals surface area contributed by atoms with Crippen molar-refractivity contribution in [2.24, 2.45) is 5.92 Å². The largest absolute Gasteiger partial charge is 0.310 e. The highest BCUT2D eigenvalue weighted by molar-refractivity contribution is 6.30. The van der Waals surface area contributed by atoms with Crippen LogP contribution in [0.15, 0.2) is 24.3 Å². The molecule has 0 aliphatic carbocycles. The Hall–Kier alpha value is -0.570. The van der Waals surface area contributed by atoms with E-state index >= 15 is 0 Å². The van der Waals surface area contributed by atoms with Gasteiger partial charge in [0.1, 0.15) is 0 Å². The van der Waals surface area contributed by atoms with Gasteiger partial charge in [-0.15, -0.1) is 0 Å². The minimum atomic E-state index is 0.394. The molecule has 1 N–H and O–H groups in total. The van der Waals surface area contributed by atoms with E-state index in [9.17, 15) is 0 Å². The Labute approximate surface area is 122 Å². The van der Waals surface area contributed by atoms with Gasteiger partial charge in [0.25, 0.3) is 0 Å². The maximum absolute atomic E-state index is 5.92. The van der Waals surface area contributed by atoms with Gasteiger partial charge < -0.3 is 10.2 Å². The monoisotopic (exact) mass is 280 g/mol. The molecule has 1 aliphatic heterocycles. The number of likely N-dealkylation sites (tertiary alicyclic amines) is 1. The zero-order valence-electron chi connectivity index (χ0n) is 12.2. The van der Waals surface area contributed by atoms with E-state index in [4.69, 9.17) is 11.6 Å². The van der Waals surface area contributed by atoms with Crippen molar-refractivity contribution in [1.29, 1.82) is 0 Å². The van der Waals surface area contributed by atoms with Gasteiger partial charge in [0.05, 0.1) is 0 Å². The van der Waals surface area contributed by atoms with Crippen LogP contribution in [-0.4, -0.2) is 30.6 Å². The Morgan fingerprint density at radius 3 is 2.53 bits per heavy atom. The standard InChI is InChI=1S/C16H25ClN2/c1-12(2)19-9-8-14(11-19)10-18-13(3)15-4-6-16(17)7-5-15/h4-7,12-14,18H,8-11H2,1-3H3. The van der Waals surface area contributed by atoms with Crippen LogP contribution in [0, 0.1) is 5.92 Å². The summed E-state index contributed by atoms with van der Waals surface area (Å²) in [5.74, 6) is 0.789. The molecule has 0 amide bonds. The van der Waals surface area contributed by atoms with Crippen molar-refractivity contribution in [3.05, 3.63) is 34.9 Å². The predicted molar refractivity (Wildman–Crippen MR) is 82.7 cm³/mol. The van der Waals surface area contributed by atoms with Gasteiger partial charge in [0, 0.05) is 23.7 Å². The molecule has 3 heteroatoms. The van der Waals surface area contributed by atoms with Crippen LogP contribution in [0.4, 0.5) is 0 Å². The normalized spacial score (nSPS) is 22.1. The summed E-state index contributed by atoms with van der Waals surface area (Å²) in [4.78, 5) is 2.57. The van der Waals surface area contributed by atoms with Gasteiger partial charge in [-0.2, -0.15) is 0 Å². The molecule has 2 rings (SSSR count). The van der Waals surface area contributed by atoms with Crippen molar-refractivity contribution in [3.63, 3.8) is 0 Å². The van der Waals surface area contributed by atoms with Gasteiger partial charge in [-0.1, -0.05) is 23.7 Å². The zero-order chi connectivity index (χ0) is 13.8. The van der Waals surface area contributed by atoms with Crippen LogP contribution >= 0.6 is 11.6 Å². The van der Waals surface area contributed by atoms with E-state index in [1.807, 2.05) is 12.1 Å². The molecule has 0 bridgehead atoms. The molecule has 0 aromatic heterocycles. The summed E-state index contributed by atoms with van der Waals surface area (Å²) in [6, 6.07) is 9.21. The molecule has 0 saturated carbocycles. The molecule has 2 unspecified atom stereocenters. The lowest BCUT2D eigenvalue weighted by Crippen LogP contribution is -2.31. The molecule has 2 nitrogen and oxygen atoms in total. The average Bonchev–Trinajstić information content (AvgIpc) is 2.86. The molecule has 1 saturated heterocycles. The van der Waals surface area contributed by atoms with E-state index in [1.54, 1.807) is 0 Å². The summed E-state index contributed by atoms with van der Waals surface area (Å²) in [5, 5.41) is 4.45. The quantitative estimate of drug-likeness (QED) is 0.884. The second-order valence-corrected chi connectivity index (χ2v) is 6.36. The fraction of sp³-hybridized carbons (Fsp3) is 0.625. The fourth-order valence-corrected chi connectivity index (χ4v) is 2.84. The summed E-state index contributed by atoms with van der Waals surface area (Å²) in [6.07, 6.45) is 1.32. The predicted octanol–water partition coefficient (Wildman–Crippen LogP) is 3.72. The van der Waals surface area contributed by atoms with E-state index < -0.39 is 0 Å². The molecule has 0 radical (unpaired) electrons. The highest BCUT2D eigenvalue weighted by atomic mass is 35.5. The van der Waals surface area contributed by atoms with Crippen LogP contribution in [0.2, 0.25) is 5.02 Å². The number of nitrogens with zero attached hydrogens (tertiary/aromatic N) is 1. The van der Waals surface area contributed by atoms with Crippen molar-refractivity contribution in [3.8, 4) is 0 Å². The molecular formula is C16H25ClN2. The van der Waals surface area contributed by atoms with E-state index in [2.05, 4.69) is 43.1 Å². The third-order valence-electron chi connectivity index (χ3n) is 4.13. The molecule has 19 heavy (non-hydrogen) atoms. The highest BCUT2D eigenvalue weighted by Gasteiger charge is 2.24. The molecule has 1 heterocycles. The maximum Gasteiger partial charge on any atom is 0.0406 e. The Bertz CT molecular complexity index is 388. The Morgan fingerprint density at radius 2 is 1.95 bits per heavy atom. The molecular weight excluding hydrogens is 256 g/mol. The second kappa shape index (κ2) is 6.74. The number of rotatable bonds is 5. The van der Waals surface area contributed by atoms with E-state index in [1.165, 1.54) is 25.1 Å². The van der Waals surface area contributed by atoms with E-state index in [-0.39, 0.29) is 0 Å². The molecule has 106 valence electrons. The molecule has 1 aliphatic rings. The van der Waals surface area contributed by atoms with Gasteiger partial charge in [0.2, 0.25) is 0 Å². The van der Waals surface area contributed by atoms with Crippen LogP contribution in [0.5, 0.6) is 0 Å². The van der Waals surface area contributed by atoms with Crippen molar-refractivity contribution in [1.82, 2.24) is 10.2 Å². The van der Waals surface area contributed by atoms with Crippen LogP contribution in [0.25, 0.3) is 0 Å². The second-order valence-electron chi connectivity index (χ2n) is 5.92. The topological polar surface area (TPSA) is 15.3 Å². The van der Waals surface area contributed by atoms with Gasteiger partial charge in [-0.25, -0.2) is 0 Å². The molecule has 1 aromatic rings. The van der Waals surface area contributed by atoms with Crippen molar-refractivity contribution >= 4 is 11.6 Å². The first kappa shape index (κ1) is 14.8. The van der Waals surface area contributed by atoms with Crippen molar-refractivity contribution in [2.45, 2.75) is 39.3 Å². The zero-order valence-corrected chi connectivity index (χ0v) is 13.0. The third-order valence-corrected chi connectivity index (χ3v) is 4.38. The number of hydrogen-bond acceptors (Lipinski definition) is 2. The highest BCUT2D eigenvalue weighted by Crippen LogP contribution is 2.20. The summed E-state index contributed by atoms with van der Waals surface area (Å²) in [6.45, 7) is 10.4. The van der Waals surface area contributed by atoms with Gasteiger partial charge in [-0.05, 0) is 63.9 Å². The lowest BCUT2D eigenvalue weighted by molar-refractivity contribution is 0.263. The Morgan fingerprint density at radius 1 is 1.26 bits per heavy atom. The van der Waals surface area contributed by atoms with E-state index in [0.29, 0.717) is 12.1 Å². The number of halogens is 1. The van der Waals surface area contributed by atoms with Crippen LogP contribution in [0.3, 0.4) is 0 Å². The van der Waals surface area contributed by atoms with Crippen LogP contribution in [-0.2, 0) is 0 Å². The first-order chi connectivity index (χ1) is 9.06. The summed E-state index contributed by atoms with van der Waals surface area (Å²) in [5.41, 5.74) is 1.31. The molecule has 1 aromatic carbocycles. The summed E-state index contributed by atoms with van der Waals surface area (Å²) >= 11 is 5.92. The van der Waals surface area contributed by atoms with Gasteiger partial charge in [0.15, 0.2) is 0 Å². The maximum atomic E-state index is 5.92. The van der Waals surface area contributed by atoms with Crippen LogP contribution < -0.4 is 5.32 Å². The van der Waals surface area contributed by atoms with Crippen LogP contribution in [0.1, 0.15) is 38.8 Å². The lowest BCUT2D eigenvalue weighted by Gasteiger charge is -2.21. The van der Waals surface area contributed by atoms with Crippen molar-refractivity contribution in [2.75, 3.05) is 19.6 Å². The summed E-state index contributed by atoms with van der Waals surface area (Å²) in [7, 11) is 0.